The fraction of sp³-hybridized carbons (Fsp3) is 0.241. The van der Waals surface area contributed by atoms with E-state index in [-0.39, 0.29) is 35.0 Å². The number of esters is 1. The number of benzene rings is 2. The Bertz CT molecular complexity index is 1550. The number of likely N-dealkylation sites (N-methyl/N-ethyl adjacent to an activating group) is 1. The van der Waals surface area contributed by atoms with E-state index in [1.807, 2.05) is 13.8 Å². The van der Waals surface area contributed by atoms with Crippen LogP contribution in [-0.2, 0) is 37.4 Å². The number of ether oxygens (including phenoxy) is 1. The van der Waals surface area contributed by atoms with Crippen molar-refractivity contribution in [3.63, 3.8) is 0 Å². The van der Waals surface area contributed by atoms with E-state index < -0.39 is 16.0 Å². The first-order valence-corrected chi connectivity index (χ1v) is 14.1. The molecule has 10 heteroatoms. The number of hydrogen-bond acceptors (Lipinski definition) is 6. The molecular formula is C29H29ClN2O6S. The van der Waals surface area contributed by atoms with Crippen LogP contribution in [0.1, 0.15) is 36.5 Å². The van der Waals surface area contributed by atoms with Crippen LogP contribution in [-0.4, -0.2) is 43.2 Å². The highest BCUT2D eigenvalue weighted by Gasteiger charge is 2.36. The van der Waals surface area contributed by atoms with E-state index in [0.29, 0.717) is 28.8 Å². The van der Waals surface area contributed by atoms with Crippen molar-refractivity contribution >= 4 is 39.6 Å². The zero-order valence-corrected chi connectivity index (χ0v) is 23.7. The Morgan fingerprint density at radius 2 is 1.69 bits per heavy atom. The van der Waals surface area contributed by atoms with Gasteiger partial charge in [-0.2, -0.15) is 4.31 Å². The number of methoxy groups -OCH3 is 1. The van der Waals surface area contributed by atoms with Gasteiger partial charge in [0.25, 0.3) is 5.91 Å². The molecule has 0 atom stereocenters. The molecular weight excluding hydrogens is 540 g/mol. The number of carbonyl (C=O) groups excluding carboxylic acids is 2. The molecule has 204 valence electrons. The van der Waals surface area contributed by atoms with Crippen LogP contribution in [0.2, 0.25) is 5.02 Å². The molecule has 0 fully saturated rings. The van der Waals surface area contributed by atoms with E-state index in [9.17, 15) is 18.0 Å². The third-order valence-electron chi connectivity index (χ3n) is 6.45. The highest BCUT2D eigenvalue weighted by molar-refractivity contribution is 7.89. The number of halogens is 1. The second kappa shape index (κ2) is 11.6. The van der Waals surface area contributed by atoms with Gasteiger partial charge in [-0.05, 0) is 68.8 Å². The standard InChI is InChI=1S/C29H29ClN2O6S/c1-5-32-20(3)27(29(34)37-4)26(28(32)33)16-23-12-13-24(38-23)18-31(17-21-8-10-22(30)11-9-21)39(35,36)25-14-6-19(2)7-15-25/h6-16H,5,17-18H2,1-4H3/b26-16+. The van der Waals surface area contributed by atoms with Crippen molar-refractivity contribution in [1.82, 2.24) is 9.21 Å². The zero-order valence-electron chi connectivity index (χ0n) is 22.1. The van der Waals surface area contributed by atoms with Crippen LogP contribution in [0.4, 0.5) is 0 Å². The summed E-state index contributed by atoms with van der Waals surface area (Å²) in [5.41, 5.74) is 2.54. The van der Waals surface area contributed by atoms with Crippen LogP contribution in [0.15, 0.2) is 86.8 Å². The summed E-state index contributed by atoms with van der Waals surface area (Å²) < 4.78 is 39.4. The average molecular weight is 569 g/mol. The van der Waals surface area contributed by atoms with Crippen LogP contribution >= 0.6 is 11.6 Å². The lowest BCUT2D eigenvalue weighted by Crippen LogP contribution is -2.30. The summed E-state index contributed by atoms with van der Waals surface area (Å²) in [4.78, 5) is 27.1. The molecule has 0 radical (unpaired) electrons. The highest BCUT2D eigenvalue weighted by Crippen LogP contribution is 2.32. The van der Waals surface area contributed by atoms with Gasteiger partial charge >= 0.3 is 5.97 Å². The van der Waals surface area contributed by atoms with Gasteiger partial charge < -0.3 is 14.1 Å². The molecule has 0 unspecified atom stereocenters. The van der Waals surface area contributed by atoms with E-state index in [4.69, 9.17) is 20.8 Å². The maximum atomic E-state index is 13.6. The van der Waals surface area contributed by atoms with Gasteiger partial charge in [0.2, 0.25) is 10.0 Å². The van der Waals surface area contributed by atoms with Crippen molar-refractivity contribution in [3.05, 3.63) is 105 Å². The van der Waals surface area contributed by atoms with Crippen LogP contribution in [0.25, 0.3) is 6.08 Å². The summed E-state index contributed by atoms with van der Waals surface area (Å²) in [5.74, 6) is -0.280. The Balaban J connectivity index is 1.67. The minimum atomic E-state index is -3.89. The summed E-state index contributed by atoms with van der Waals surface area (Å²) in [6.07, 6.45) is 1.48. The Kier molecular flexibility index (Phi) is 8.44. The van der Waals surface area contributed by atoms with Crippen LogP contribution in [0, 0.1) is 6.92 Å². The van der Waals surface area contributed by atoms with Crippen LogP contribution in [0.3, 0.4) is 0 Å². The van der Waals surface area contributed by atoms with E-state index >= 15 is 0 Å². The van der Waals surface area contributed by atoms with Gasteiger partial charge in [-0.15, -0.1) is 0 Å². The number of carbonyl (C=O) groups is 2. The lowest BCUT2D eigenvalue weighted by molar-refractivity contribution is -0.136. The Morgan fingerprint density at radius 1 is 1.03 bits per heavy atom. The molecule has 1 amide bonds. The summed E-state index contributed by atoms with van der Waals surface area (Å²) in [6.45, 7) is 5.81. The van der Waals surface area contributed by atoms with Crippen molar-refractivity contribution in [2.75, 3.05) is 13.7 Å². The van der Waals surface area contributed by atoms with Gasteiger partial charge in [0.1, 0.15) is 11.5 Å². The van der Waals surface area contributed by atoms with Crippen molar-refractivity contribution in [3.8, 4) is 0 Å². The average Bonchev–Trinajstić information content (AvgIpc) is 3.45. The van der Waals surface area contributed by atoms with Gasteiger partial charge in [0.05, 0.1) is 29.7 Å². The van der Waals surface area contributed by atoms with Gasteiger partial charge in [0.15, 0.2) is 0 Å². The molecule has 2 heterocycles. The molecule has 0 saturated heterocycles. The van der Waals surface area contributed by atoms with E-state index in [1.165, 1.54) is 22.4 Å². The lowest BCUT2D eigenvalue weighted by Gasteiger charge is -2.21. The maximum Gasteiger partial charge on any atom is 0.340 e. The molecule has 1 aliphatic rings. The van der Waals surface area contributed by atoms with Gasteiger partial charge in [-0.25, -0.2) is 13.2 Å². The molecule has 0 aliphatic carbocycles. The first-order chi connectivity index (χ1) is 18.5. The number of hydrogen-bond donors (Lipinski definition) is 0. The molecule has 0 bridgehead atoms. The van der Waals surface area contributed by atoms with Crippen molar-refractivity contribution in [1.29, 1.82) is 0 Å². The number of rotatable bonds is 9. The van der Waals surface area contributed by atoms with Crippen molar-refractivity contribution in [2.45, 2.75) is 38.8 Å². The molecule has 0 saturated carbocycles. The number of furan rings is 1. The molecule has 1 aliphatic heterocycles. The monoisotopic (exact) mass is 568 g/mol. The van der Waals surface area contributed by atoms with Crippen molar-refractivity contribution in [2.24, 2.45) is 0 Å². The normalized spacial score (nSPS) is 15.1. The van der Waals surface area contributed by atoms with Crippen molar-refractivity contribution < 1.29 is 27.2 Å². The molecule has 8 nitrogen and oxygen atoms in total. The Hall–Kier alpha value is -3.66. The predicted octanol–water partition coefficient (Wildman–Crippen LogP) is 5.33. The number of sulfonamides is 1. The summed E-state index contributed by atoms with van der Waals surface area (Å²) in [6, 6.07) is 16.9. The zero-order chi connectivity index (χ0) is 28.3. The Morgan fingerprint density at radius 3 is 2.31 bits per heavy atom. The Labute approximate surface area is 233 Å². The van der Waals surface area contributed by atoms with Gasteiger partial charge in [-0.1, -0.05) is 41.4 Å². The number of amides is 1. The minimum Gasteiger partial charge on any atom is -0.465 e. The lowest BCUT2D eigenvalue weighted by atomic mass is 10.1. The third kappa shape index (κ3) is 6.00. The largest absolute Gasteiger partial charge is 0.465 e. The fourth-order valence-corrected chi connectivity index (χ4v) is 5.88. The molecule has 4 rings (SSSR count). The van der Waals surface area contributed by atoms with Gasteiger partial charge in [-0.3, -0.25) is 4.79 Å². The first-order valence-electron chi connectivity index (χ1n) is 12.3. The SMILES string of the molecule is CCN1C(=O)/C(=C/c2ccc(CN(Cc3ccc(Cl)cc3)S(=O)(=O)c3ccc(C)cc3)o2)C(C(=O)OC)=C1C. The second-order valence-electron chi connectivity index (χ2n) is 9.08. The predicted molar refractivity (Wildman–Crippen MR) is 148 cm³/mol. The summed E-state index contributed by atoms with van der Waals surface area (Å²) in [7, 11) is -2.63. The molecule has 1 aromatic heterocycles. The fourth-order valence-electron chi connectivity index (χ4n) is 4.36. The highest BCUT2D eigenvalue weighted by atomic mass is 35.5. The summed E-state index contributed by atoms with van der Waals surface area (Å²) in [5, 5.41) is 0.550. The smallest absolute Gasteiger partial charge is 0.340 e. The maximum absolute atomic E-state index is 13.6. The quantitative estimate of drug-likeness (QED) is 0.256. The molecule has 0 spiro atoms. The molecule has 0 N–H and O–H groups in total. The first kappa shape index (κ1) is 28.4. The van der Waals surface area contributed by atoms with E-state index in [1.54, 1.807) is 67.6 Å². The second-order valence-corrected chi connectivity index (χ2v) is 11.5. The van der Waals surface area contributed by atoms with E-state index in [2.05, 4.69) is 0 Å². The molecule has 39 heavy (non-hydrogen) atoms. The summed E-state index contributed by atoms with van der Waals surface area (Å²) >= 11 is 6.02. The number of nitrogens with zero attached hydrogens (tertiary/aromatic N) is 2. The molecule has 3 aromatic rings. The third-order valence-corrected chi connectivity index (χ3v) is 8.51. The van der Waals surface area contributed by atoms with E-state index in [0.717, 1.165) is 11.1 Å². The van der Waals surface area contributed by atoms with Crippen LogP contribution in [0.5, 0.6) is 0 Å². The number of aryl methyl sites for hydroxylation is 1. The number of allylic oxidation sites excluding steroid dienone is 1. The minimum absolute atomic E-state index is 0.0598. The van der Waals surface area contributed by atoms with Gasteiger partial charge in [0, 0.05) is 23.8 Å². The van der Waals surface area contributed by atoms with Crippen LogP contribution < -0.4 is 0 Å². The molecule has 2 aromatic carbocycles. The topological polar surface area (TPSA) is 97.1 Å².